The topological polar surface area (TPSA) is 72.8 Å². The maximum absolute atomic E-state index is 10.5. The fourth-order valence-electron chi connectivity index (χ4n) is 0.580. The summed E-state index contributed by atoms with van der Waals surface area (Å²) < 4.78 is 9.54. The first kappa shape index (κ1) is 17.8. The lowest BCUT2D eigenvalue weighted by atomic mass is 10.3. The van der Waals surface area contributed by atoms with E-state index in [0.717, 1.165) is 18.9 Å². The van der Waals surface area contributed by atoms with Gasteiger partial charge in [0.25, 0.3) is 0 Å². The third-order valence-electron chi connectivity index (χ3n) is 1.52. The van der Waals surface area contributed by atoms with Crippen LogP contribution in [0.2, 0.25) is 0 Å². The highest BCUT2D eigenvalue weighted by Gasteiger charge is 1.93. The Morgan fingerprint density at radius 2 is 1.76 bits per heavy atom. The molecule has 5 heteroatoms. The smallest absolute Gasteiger partial charge is 0.330 e. The predicted molar refractivity (Wildman–Crippen MR) is 64.7 cm³/mol. The van der Waals surface area contributed by atoms with Crippen molar-refractivity contribution in [3.63, 3.8) is 0 Å². The lowest BCUT2D eigenvalue weighted by molar-refractivity contribution is -0.138. The van der Waals surface area contributed by atoms with Crippen LogP contribution < -0.4 is 0 Å². The van der Waals surface area contributed by atoms with Gasteiger partial charge in [-0.25, -0.2) is 9.59 Å². The third kappa shape index (κ3) is 17.0. The number of unbranched alkanes of at least 4 members (excludes halogenated alkanes) is 1. The van der Waals surface area contributed by atoms with E-state index in [-0.39, 0.29) is 11.5 Å². The summed E-state index contributed by atoms with van der Waals surface area (Å²) in [5, 5.41) is 7.89. The minimum Gasteiger partial charge on any atom is -0.478 e. The van der Waals surface area contributed by atoms with Crippen molar-refractivity contribution in [3.8, 4) is 0 Å². The second kappa shape index (κ2) is 12.4. The summed E-state index contributed by atoms with van der Waals surface area (Å²) in [6.07, 6.45) is 2.92. The number of carbonyl (C=O) groups is 2. The van der Waals surface area contributed by atoms with Crippen LogP contribution in [0, 0.1) is 0 Å². The highest BCUT2D eigenvalue weighted by Crippen LogP contribution is 1.90. The molecule has 0 fully saturated rings. The van der Waals surface area contributed by atoms with Gasteiger partial charge in [0.1, 0.15) is 0 Å². The molecule has 0 unspecified atom stereocenters. The molecular weight excluding hydrogens is 224 g/mol. The van der Waals surface area contributed by atoms with E-state index in [4.69, 9.17) is 14.6 Å². The van der Waals surface area contributed by atoms with Crippen LogP contribution in [0.1, 0.15) is 19.8 Å². The van der Waals surface area contributed by atoms with Crippen LogP contribution in [0.4, 0.5) is 0 Å². The number of carbonyl (C=O) groups excluding carboxylic acids is 1. The van der Waals surface area contributed by atoms with Gasteiger partial charge in [-0.15, -0.1) is 0 Å². The molecule has 0 aliphatic rings. The average Bonchev–Trinajstić information content (AvgIpc) is 2.29. The Balaban J connectivity index is 0. The molecule has 0 radical (unpaired) electrons. The Morgan fingerprint density at radius 3 is 2.12 bits per heavy atom. The van der Waals surface area contributed by atoms with Gasteiger partial charge in [0, 0.05) is 25.4 Å². The molecule has 0 rings (SSSR count). The second-order valence-corrected chi connectivity index (χ2v) is 3.16. The van der Waals surface area contributed by atoms with Crippen molar-refractivity contribution >= 4 is 11.9 Å². The lowest BCUT2D eigenvalue weighted by Crippen LogP contribution is -2.02. The Bertz CT molecular complexity index is 246. The maximum atomic E-state index is 10.5. The third-order valence-corrected chi connectivity index (χ3v) is 1.52. The molecule has 98 valence electrons. The number of ether oxygens (including phenoxy) is 2. The highest BCUT2D eigenvalue weighted by molar-refractivity contribution is 5.84. The largest absolute Gasteiger partial charge is 0.478 e. The summed E-state index contributed by atoms with van der Waals surface area (Å²) in [5.74, 6) is -1.29. The summed E-state index contributed by atoms with van der Waals surface area (Å²) in [6, 6.07) is 0. The standard InChI is InChI=1S/C8H14O3.C4H6O2/c1-3-8(9)11-7-5-4-6-10-2;1-3(2)4(5)6/h3H,1,4-7H2,2H3;1H2,2H3,(H,5,6). The quantitative estimate of drug-likeness (QED) is 0.420. The number of rotatable bonds is 7. The van der Waals surface area contributed by atoms with Gasteiger partial charge in [-0.1, -0.05) is 13.2 Å². The zero-order valence-corrected chi connectivity index (χ0v) is 10.4. The number of hydrogen-bond acceptors (Lipinski definition) is 4. The number of carboxylic acid groups (broad SMARTS) is 1. The summed E-state index contributed by atoms with van der Waals surface area (Å²) in [6.45, 7) is 9.04. The van der Waals surface area contributed by atoms with E-state index in [1.54, 1.807) is 7.11 Å². The molecule has 0 bridgehead atoms. The second-order valence-electron chi connectivity index (χ2n) is 3.16. The minimum atomic E-state index is -0.935. The summed E-state index contributed by atoms with van der Waals surface area (Å²) in [7, 11) is 1.65. The molecule has 0 aliphatic carbocycles. The van der Waals surface area contributed by atoms with E-state index in [0.29, 0.717) is 13.2 Å². The number of aliphatic carboxylic acids is 1. The molecular formula is C12H20O5. The monoisotopic (exact) mass is 244 g/mol. The molecule has 0 heterocycles. The fourth-order valence-corrected chi connectivity index (χ4v) is 0.580. The van der Waals surface area contributed by atoms with Crippen LogP contribution in [-0.4, -0.2) is 37.4 Å². The van der Waals surface area contributed by atoms with Crippen molar-refractivity contribution in [2.24, 2.45) is 0 Å². The first-order chi connectivity index (χ1) is 7.95. The van der Waals surface area contributed by atoms with Crippen molar-refractivity contribution in [3.05, 3.63) is 24.8 Å². The zero-order valence-electron chi connectivity index (χ0n) is 10.4. The normalized spacial score (nSPS) is 8.59. The van der Waals surface area contributed by atoms with E-state index < -0.39 is 5.97 Å². The van der Waals surface area contributed by atoms with Crippen molar-refractivity contribution in [1.29, 1.82) is 0 Å². The molecule has 0 aromatic rings. The van der Waals surface area contributed by atoms with Gasteiger partial charge in [-0.05, 0) is 19.8 Å². The molecule has 0 aromatic heterocycles. The van der Waals surface area contributed by atoms with Gasteiger partial charge >= 0.3 is 11.9 Å². The van der Waals surface area contributed by atoms with E-state index in [1.165, 1.54) is 6.92 Å². The molecule has 17 heavy (non-hydrogen) atoms. The SMILES string of the molecule is C=C(C)C(=O)O.C=CC(=O)OCCCCOC. The number of methoxy groups -OCH3 is 1. The van der Waals surface area contributed by atoms with Crippen molar-refractivity contribution in [2.75, 3.05) is 20.3 Å². The van der Waals surface area contributed by atoms with E-state index in [9.17, 15) is 9.59 Å². The Morgan fingerprint density at radius 1 is 1.29 bits per heavy atom. The molecule has 0 saturated heterocycles. The predicted octanol–water partition coefficient (Wildman–Crippen LogP) is 1.79. The zero-order chi connectivity index (χ0) is 13.7. The summed E-state index contributed by atoms with van der Waals surface area (Å²) in [5.41, 5.74) is 0.176. The van der Waals surface area contributed by atoms with Crippen LogP contribution >= 0.6 is 0 Å². The summed E-state index contributed by atoms with van der Waals surface area (Å²) in [4.78, 5) is 20.1. The molecule has 5 nitrogen and oxygen atoms in total. The average molecular weight is 244 g/mol. The van der Waals surface area contributed by atoms with Gasteiger partial charge in [0.05, 0.1) is 6.61 Å². The molecule has 0 aromatic carbocycles. The van der Waals surface area contributed by atoms with Gasteiger partial charge in [-0.2, -0.15) is 0 Å². The molecule has 0 saturated carbocycles. The first-order valence-corrected chi connectivity index (χ1v) is 5.12. The van der Waals surface area contributed by atoms with E-state index >= 15 is 0 Å². The number of esters is 1. The molecule has 0 aliphatic heterocycles. The number of hydrogen-bond donors (Lipinski definition) is 1. The Hall–Kier alpha value is -1.62. The van der Waals surface area contributed by atoms with Crippen molar-refractivity contribution in [2.45, 2.75) is 19.8 Å². The van der Waals surface area contributed by atoms with Gasteiger partial charge in [0.15, 0.2) is 0 Å². The van der Waals surface area contributed by atoms with Crippen LogP contribution in [0.25, 0.3) is 0 Å². The molecule has 1 N–H and O–H groups in total. The lowest BCUT2D eigenvalue weighted by Gasteiger charge is -2.00. The maximum Gasteiger partial charge on any atom is 0.330 e. The van der Waals surface area contributed by atoms with E-state index in [1.807, 2.05) is 0 Å². The molecule has 0 spiro atoms. The van der Waals surface area contributed by atoms with Crippen molar-refractivity contribution < 1.29 is 24.2 Å². The first-order valence-electron chi connectivity index (χ1n) is 5.12. The minimum absolute atomic E-state index is 0.176. The van der Waals surface area contributed by atoms with Gasteiger partial charge in [0.2, 0.25) is 0 Å². The van der Waals surface area contributed by atoms with Crippen LogP contribution in [0.5, 0.6) is 0 Å². The van der Waals surface area contributed by atoms with E-state index in [2.05, 4.69) is 13.2 Å². The Labute approximate surface area is 102 Å². The Kier molecular flexibility index (Phi) is 13.0. The van der Waals surface area contributed by atoms with Gasteiger partial charge < -0.3 is 14.6 Å². The fraction of sp³-hybridized carbons (Fsp3) is 0.500. The number of carboxylic acids is 1. The van der Waals surface area contributed by atoms with Crippen LogP contribution in [0.3, 0.4) is 0 Å². The molecule has 0 atom stereocenters. The van der Waals surface area contributed by atoms with Crippen LogP contribution in [-0.2, 0) is 19.1 Å². The van der Waals surface area contributed by atoms with Gasteiger partial charge in [-0.3, -0.25) is 0 Å². The summed E-state index contributed by atoms with van der Waals surface area (Å²) >= 11 is 0. The molecule has 0 amide bonds. The van der Waals surface area contributed by atoms with Crippen molar-refractivity contribution in [1.82, 2.24) is 0 Å². The van der Waals surface area contributed by atoms with Crippen LogP contribution in [0.15, 0.2) is 24.8 Å². The highest BCUT2D eigenvalue weighted by atomic mass is 16.5.